The molecule has 9 heteroatoms. The number of hydrogen-bond acceptors (Lipinski definition) is 5. The molecule has 3 rings (SSSR count). The molecule has 0 unspecified atom stereocenters. The van der Waals surface area contributed by atoms with Gasteiger partial charge < -0.3 is 10.6 Å². The molecule has 0 bridgehead atoms. The first-order chi connectivity index (χ1) is 12.0. The number of hydrogen-bond donors (Lipinski definition) is 2. The first-order valence-electron chi connectivity index (χ1n) is 8.35. The number of amides is 1. The van der Waals surface area contributed by atoms with E-state index in [0.29, 0.717) is 6.54 Å². The average molecular weight is 399 g/mol. The summed E-state index contributed by atoms with van der Waals surface area (Å²) in [6, 6.07) is 10.2. The second-order valence-corrected chi connectivity index (χ2v) is 8.15. The molecular weight excluding hydrogens is 376 g/mol. The van der Waals surface area contributed by atoms with Crippen molar-refractivity contribution >= 4 is 28.2 Å². The quantitative estimate of drug-likeness (QED) is 0.764. The fourth-order valence-corrected chi connectivity index (χ4v) is 4.02. The summed E-state index contributed by atoms with van der Waals surface area (Å²) in [5, 5.41) is 10.6. The summed E-state index contributed by atoms with van der Waals surface area (Å²) in [7, 11) is -3.43. The molecule has 0 saturated heterocycles. The van der Waals surface area contributed by atoms with Crippen LogP contribution in [0.5, 0.6) is 0 Å². The van der Waals surface area contributed by atoms with Gasteiger partial charge in [0.1, 0.15) is 0 Å². The lowest BCUT2D eigenvalue weighted by Gasteiger charge is -2.05. The van der Waals surface area contributed by atoms with Crippen molar-refractivity contribution in [2.24, 2.45) is 0 Å². The van der Waals surface area contributed by atoms with Crippen LogP contribution in [-0.4, -0.2) is 36.4 Å². The van der Waals surface area contributed by atoms with E-state index in [9.17, 15) is 13.2 Å². The number of aromatic nitrogens is 2. The number of carbonyl (C=O) groups is 1. The summed E-state index contributed by atoms with van der Waals surface area (Å²) in [5.74, 6) is -0.493. The van der Waals surface area contributed by atoms with E-state index in [4.69, 9.17) is 0 Å². The molecule has 26 heavy (non-hydrogen) atoms. The van der Waals surface area contributed by atoms with Crippen LogP contribution in [0.25, 0.3) is 0 Å². The van der Waals surface area contributed by atoms with Gasteiger partial charge in [-0.1, -0.05) is 18.2 Å². The predicted octanol–water partition coefficient (Wildman–Crippen LogP) is 1.28. The third-order valence-corrected chi connectivity index (χ3v) is 5.84. The fourth-order valence-electron chi connectivity index (χ4n) is 2.76. The molecule has 0 aliphatic carbocycles. The molecule has 7 nitrogen and oxygen atoms in total. The molecule has 2 aromatic rings. The van der Waals surface area contributed by atoms with Crippen LogP contribution in [0.3, 0.4) is 0 Å². The van der Waals surface area contributed by atoms with E-state index in [1.165, 1.54) is 0 Å². The molecule has 2 N–H and O–H groups in total. The van der Waals surface area contributed by atoms with E-state index >= 15 is 0 Å². The minimum Gasteiger partial charge on any atom is -0.350 e. The lowest BCUT2D eigenvalue weighted by Crippen LogP contribution is -2.25. The van der Waals surface area contributed by atoms with Crippen molar-refractivity contribution in [3.63, 3.8) is 0 Å². The topological polar surface area (TPSA) is 93.1 Å². The molecule has 1 aromatic heterocycles. The maximum Gasteiger partial charge on any atom is 0.221 e. The van der Waals surface area contributed by atoms with Gasteiger partial charge in [-0.15, -0.1) is 12.4 Å². The summed E-state index contributed by atoms with van der Waals surface area (Å²) in [5.41, 5.74) is 1.89. The number of fused-ring (bicyclic) bond motifs is 1. The van der Waals surface area contributed by atoms with Crippen LogP contribution >= 0.6 is 12.4 Å². The van der Waals surface area contributed by atoms with Gasteiger partial charge in [-0.2, -0.15) is 5.10 Å². The highest BCUT2D eigenvalue weighted by atomic mass is 35.5. The Morgan fingerprint density at radius 3 is 2.81 bits per heavy atom. The number of nitrogens with zero attached hydrogens (tertiary/aromatic N) is 2. The zero-order chi connectivity index (χ0) is 17.7. The van der Waals surface area contributed by atoms with Crippen molar-refractivity contribution in [3.8, 4) is 0 Å². The number of benzene rings is 1. The van der Waals surface area contributed by atoms with Gasteiger partial charge in [-0.05, 0) is 31.2 Å². The summed E-state index contributed by atoms with van der Waals surface area (Å²) in [6.45, 7) is 2.93. The third kappa shape index (κ3) is 5.30. The molecule has 2 heterocycles. The number of nitrogens with one attached hydrogen (secondary N) is 2. The summed E-state index contributed by atoms with van der Waals surface area (Å²) in [6.07, 6.45) is 0.962. The SMILES string of the molecule is Cl.O=C(CCS(=O)(=O)c1ccccc1)NCc1cc2n(n1)CCCNC2. The van der Waals surface area contributed by atoms with E-state index in [1.54, 1.807) is 30.3 Å². The zero-order valence-electron chi connectivity index (χ0n) is 14.3. The molecule has 0 fully saturated rings. The smallest absolute Gasteiger partial charge is 0.221 e. The highest BCUT2D eigenvalue weighted by Crippen LogP contribution is 2.11. The molecule has 142 valence electrons. The lowest BCUT2D eigenvalue weighted by atomic mass is 10.3. The molecule has 0 radical (unpaired) electrons. The molecule has 1 aliphatic heterocycles. The molecule has 0 atom stereocenters. The standard InChI is InChI=1S/C17H22N4O3S.ClH/c22-17(7-10-25(23,24)16-5-2-1-3-6-16)19-12-14-11-15-13-18-8-4-9-21(15)20-14;/h1-3,5-6,11,18H,4,7-10,12-13H2,(H,19,22);1H. The summed E-state index contributed by atoms with van der Waals surface area (Å²) >= 11 is 0. The van der Waals surface area contributed by atoms with E-state index in [0.717, 1.165) is 37.4 Å². The zero-order valence-corrected chi connectivity index (χ0v) is 16.0. The van der Waals surface area contributed by atoms with Crippen LogP contribution < -0.4 is 10.6 Å². The second-order valence-electron chi connectivity index (χ2n) is 6.04. The van der Waals surface area contributed by atoms with Crippen LogP contribution in [0.1, 0.15) is 24.2 Å². The van der Waals surface area contributed by atoms with Gasteiger partial charge in [-0.25, -0.2) is 8.42 Å². The van der Waals surface area contributed by atoms with Crippen molar-refractivity contribution in [2.75, 3.05) is 12.3 Å². The van der Waals surface area contributed by atoms with Crippen molar-refractivity contribution in [3.05, 3.63) is 47.8 Å². The van der Waals surface area contributed by atoms with Crippen molar-refractivity contribution in [1.29, 1.82) is 0 Å². The number of halogens is 1. The maximum atomic E-state index is 12.2. The Balaban J connectivity index is 0.00000243. The third-order valence-electron chi connectivity index (χ3n) is 4.11. The Bertz CT molecular complexity index is 813. The van der Waals surface area contributed by atoms with Crippen LogP contribution in [0, 0.1) is 0 Å². The Kier molecular flexibility index (Phi) is 7.19. The Hall–Kier alpha value is -1.90. The largest absolute Gasteiger partial charge is 0.350 e. The van der Waals surface area contributed by atoms with Crippen molar-refractivity contribution in [1.82, 2.24) is 20.4 Å². The minimum absolute atomic E-state index is 0. The normalized spacial score (nSPS) is 14.0. The fraction of sp³-hybridized carbons (Fsp3) is 0.412. The van der Waals surface area contributed by atoms with Gasteiger partial charge in [0.05, 0.1) is 28.6 Å². The van der Waals surface area contributed by atoms with Crippen LogP contribution in [0.15, 0.2) is 41.3 Å². The molecule has 1 amide bonds. The molecule has 1 aromatic carbocycles. The second kappa shape index (κ2) is 9.16. The average Bonchev–Trinajstić information content (AvgIpc) is 2.88. The molecule has 1 aliphatic rings. The molecule has 0 saturated carbocycles. The molecular formula is C17H23ClN4O3S. The van der Waals surface area contributed by atoms with Crippen molar-refractivity contribution in [2.45, 2.75) is 37.4 Å². The van der Waals surface area contributed by atoms with Gasteiger partial charge in [0.25, 0.3) is 0 Å². The van der Waals surface area contributed by atoms with Gasteiger partial charge in [0.2, 0.25) is 5.91 Å². The van der Waals surface area contributed by atoms with E-state index in [1.807, 2.05) is 10.7 Å². The van der Waals surface area contributed by atoms with Gasteiger partial charge >= 0.3 is 0 Å². The van der Waals surface area contributed by atoms with Crippen molar-refractivity contribution < 1.29 is 13.2 Å². The van der Waals surface area contributed by atoms with Gasteiger partial charge in [0, 0.05) is 19.5 Å². The number of aryl methyl sites for hydroxylation is 1. The van der Waals surface area contributed by atoms with Crippen LogP contribution in [-0.2, 0) is 34.3 Å². The minimum atomic E-state index is -3.43. The van der Waals surface area contributed by atoms with Gasteiger partial charge in [-0.3, -0.25) is 9.48 Å². The predicted molar refractivity (Wildman–Crippen MR) is 101 cm³/mol. The maximum absolute atomic E-state index is 12.2. The highest BCUT2D eigenvalue weighted by Gasteiger charge is 2.16. The van der Waals surface area contributed by atoms with E-state index < -0.39 is 9.84 Å². The Labute approximate surface area is 159 Å². The van der Waals surface area contributed by atoms with Crippen LogP contribution in [0.2, 0.25) is 0 Å². The Morgan fingerprint density at radius 2 is 2.04 bits per heavy atom. The molecule has 0 spiro atoms. The highest BCUT2D eigenvalue weighted by molar-refractivity contribution is 7.91. The number of rotatable bonds is 6. The van der Waals surface area contributed by atoms with E-state index in [-0.39, 0.29) is 35.4 Å². The van der Waals surface area contributed by atoms with Gasteiger partial charge in [0.15, 0.2) is 9.84 Å². The number of carbonyl (C=O) groups excluding carboxylic acids is 1. The first-order valence-corrected chi connectivity index (χ1v) is 10.0. The number of sulfone groups is 1. The van der Waals surface area contributed by atoms with Crippen LogP contribution in [0.4, 0.5) is 0 Å². The van der Waals surface area contributed by atoms with E-state index in [2.05, 4.69) is 15.7 Å². The Morgan fingerprint density at radius 1 is 1.27 bits per heavy atom. The summed E-state index contributed by atoms with van der Waals surface area (Å²) in [4.78, 5) is 12.2. The summed E-state index contributed by atoms with van der Waals surface area (Å²) < 4.78 is 26.3. The monoisotopic (exact) mass is 398 g/mol. The first kappa shape index (κ1) is 20.4. The lowest BCUT2D eigenvalue weighted by molar-refractivity contribution is -0.120.